The fraction of sp³-hybridized carbons (Fsp3) is 0.400. The summed E-state index contributed by atoms with van der Waals surface area (Å²) >= 11 is 1.12. The molecule has 0 saturated heterocycles. The predicted molar refractivity (Wildman–Crippen MR) is 125 cm³/mol. The molecule has 0 bridgehead atoms. The average Bonchev–Trinajstić information content (AvgIpc) is 3.28. The molecule has 0 aliphatic heterocycles. The van der Waals surface area contributed by atoms with Crippen LogP contribution in [-0.2, 0) is 16.1 Å². The number of nitrogens with zero attached hydrogens (tertiary/aromatic N) is 6. The van der Waals surface area contributed by atoms with E-state index in [0.717, 1.165) is 23.9 Å². The number of nitrogens with one attached hydrogen (secondary N) is 1. The minimum Gasteiger partial charge on any atom is -0.383 e. The summed E-state index contributed by atoms with van der Waals surface area (Å²) in [6.45, 7) is 2.56. The lowest BCUT2D eigenvalue weighted by Crippen LogP contribution is -2.43. The third-order valence-corrected chi connectivity index (χ3v) is 5.71. The van der Waals surface area contributed by atoms with E-state index >= 15 is 0 Å². The number of aromatic nitrogens is 6. The molecular weight excluding hydrogens is 448 g/mol. The van der Waals surface area contributed by atoms with Crippen LogP contribution in [0.5, 0.6) is 0 Å². The fourth-order valence-corrected chi connectivity index (χ4v) is 3.89. The average molecular weight is 475 g/mol. The van der Waals surface area contributed by atoms with Gasteiger partial charge in [-0.15, -0.1) is 5.10 Å². The Balaban J connectivity index is 1.87. The number of unbranched alkanes of at least 4 members (excludes halogenated alkanes) is 1. The summed E-state index contributed by atoms with van der Waals surface area (Å²) in [6, 6.07) is 9.26. The second-order valence-corrected chi connectivity index (χ2v) is 7.98. The first-order valence-corrected chi connectivity index (χ1v) is 11.3. The van der Waals surface area contributed by atoms with Gasteiger partial charge in [0.2, 0.25) is 11.1 Å². The van der Waals surface area contributed by atoms with Gasteiger partial charge in [0.25, 0.3) is 5.56 Å². The van der Waals surface area contributed by atoms with E-state index in [-0.39, 0.29) is 30.4 Å². The second kappa shape index (κ2) is 11.4. The zero-order valence-electron chi connectivity index (χ0n) is 18.4. The minimum atomic E-state index is -0.728. The highest BCUT2D eigenvalue weighted by Gasteiger charge is 2.25. The number of para-hydroxylation sites is 1. The Labute approximate surface area is 193 Å². The Bertz CT molecular complexity index is 1190. The monoisotopic (exact) mass is 474 g/mol. The lowest BCUT2D eigenvalue weighted by Gasteiger charge is -2.24. The maximum absolute atomic E-state index is 13.2. The van der Waals surface area contributed by atoms with Crippen LogP contribution in [0, 0.1) is 0 Å². The van der Waals surface area contributed by atoms with E-state index < -0.39 is 17.2 Å². The lowest BCUT2D eigenvalue weighted by atomic mass is 10.3. The van der Waals surface area contributed by atoms with E-state index in [9.17, 15) is 14.4 Å². The van der Waals surface area contributed by atoms with Crippen molar-refractivity contribution in [3.63, 3.8) is 0 Å². The SMILES string of the molecule is CCCCn1c(N)c(N(CCOC)C(=O)CSc2nnnn2-c2ccccc2)c(=O)[nH]c1=O. The standard InChI is InChI=1S/C20H26N8O4S/c1-3-4-10-27-17(21)16(18(30)22-19(27)31)26(11-12-32-2)15(29)13-33-20-23-24-25-28(20)14-8-6-5-7-9-14/h5-9H,3-4,10-13,21H2,1-2H3,(H,22,30,31). The summed E-state index contributed by atoms with van der Waals surface area (Å²) in [6.07, 6.45) is 1.53. The molecule has 0 fully saturated rings. The van der Waals surface area contributed by atoms with Crippen LogP contribution in [0.2, 0.25) is 0 Å². The molecule has 0 saturated carbocycles. The summed E-state index contributed by atoms with van der Waals surface area (Å²) in [5.74, 6) is -0.525. The van der Waals surface area contributed by atoms with Crippen molar-refractivity contribution in [2.24, 2.45) is 0 Å². The van der Waals surface area contributed by atoms with Crippen molar-refractivity contribution < 1.29 is 9.53 Å². The van der Waals surface area contributed by atoms with E-state index in [2.05, 4.69) is 20.5 Å². The lowest BCUT2D eigenvalue weighted by molar-refractivity contribution is -0.116. The number of carbonyl (C=O) groups excluding carboxylic acids is 1. The van der Waals surface area contributed by atoms with Gasteiger partial charge in [0.1, 0.15) is 5.82 Å². The summed E-state index contributed by atoms with van der Waals surface area (Å²) in [5.41, 5.74) is 5.53. The number of nitrogens with two attached hydrogens (primary N) is 1. The molecule has 0 aliphatic carbocycles. The van der Waals surface area contributed by atoms with Gasteiger partial charge in [0.15, 0.2) is 5.69 Å². The molecule has 0 aliphatic rings. The van der Waals surface area contributed by atoms with Gasteiger partial charge >= 0.3 is 5.69 Å². The topological polar surface area (TPSA) is 154 Å². The number of ether oxygens (including phenoxy) is 1. The largest absolute Gasteiger partial charge is 0.383 e. The van der Waals surface area contributed by atoms with Gasteiger partial charge in [0.05, 0.1) is 18.0 Å². The number of thioether (sulfide) groups is 1. The second-order valence-electron chi connectivity index (χ2n) is 7.03. The maximum atomic E-state index is 13.2. The van der Waals surface area contributed by atoms with Crippen molar-refractivity contribution >= 4 is 29.2 Å². The Kier molecular flexibility index (Phi) is 8.38. The van der Waals surface area contributed by atoms with Crippen LogP contribution in [0.15, 0.2) is 45.1 Å². The molecule has 3 N–H and O–H groups in total. The van der Waals surface area contributed by atoms with Crippen molar-refractivity contribution in [2.75, 3.05) is 36.6 Å². The summed E-state index contributed by atoms with van der Waals surface area (Å²) in [4.78, 5) is 41.6. The van der Waals surface area contributed by atoms with Gasteiger partial charge in [-0.1, -0.05) is 43.3 Å². The van der Waals surface area contributed by atoms with Crippen molar-refractivity contribution in [2.45, 2.75) is 31.5 Å². The first kappa shape index (κ1) is 24.2. The van der Waals surface area contributed by atoms with Crippen LogP contribution >= 0.6 is 11.8 Å². The minimum absolute atomic E-state index is 0.0548. The number of hydrogen-bond donors (Lipinski definition) is 2. The normalized spacial score (nSPS) is 11.0. The Hall–Kier alpha value is -3.45. The van der Waals surface area contributed by atoms with Crippen molar-refractivity contribution in [1.29, 1.82) is 0 Å². The van der Waals surface area contributed by atoms with E-state index in [1.54, 1.807) is 0 Å². The third-order valence-electron chi connectivity index (χ3n) is 4.81. The molecule has 2 heterocycles. The molecule has 33 heavy (non-hydrogen) atoms. The van der Waals surface area contributed by atoms with E-state index in [0.29, 0.717) is 18.1 Å². The molecule has 176 valence electrons. The van der Waals surface area contributed by atoms with Crippen LogP contribution in [0.4, 0.5) is 11.5 Å². The Morgan fingerprint density at radius 1 is 1.27 bits per heavy atom. The van der Waals surface area contributed by atoms with Gasteiger partial charge < -0.3 is 15.4 Å². The summed E-state index contributed by atoms with van der Waals surface area (Å²) in [7, 11) is 1.49. The number of benzene rings is 1. The van der Waals surface area contributed by atoms with Gasteiger partial charge in [-0.2, -0.15) is 4.68 Å². The molecular formula is C20H26N8O4S. The molecule has 0 radical (unpaired) electrons. The Morgan fingerprint density at radius 3 is 2.73 bits per heavy atom. The summed E-state index contributed by atoms with van der Waals surface area (Å²) in [5, 5.41) is 12.1. The number of tetrazole rings is 1. The van der Waals surface area contributed by atoms with Crippen LogP contribution < -0.4 is 21.9 Å². The van der Waals surface area contributed by atoms with Gasteiger partial charge in [0, 0.05) is 20.2 Å². The zero-order valence-corrected chi connectivity index (χ0v) is 19.2. The third kappa shape index (κ3) is 5.68. The quantitative estimate of drug-likeness (QED) is 0.382. The van der Waals surface area contributed by atoms with Crippen LogP contribution in [0.25, 0.3) is 5.69 Å². The van der Waals surface area contributed by atoms with E-state index in [1.165, 1.54) is 21.3 Å². The van der Waals surface area contributed by atoms with Gasteiger partial charge in [-0.05, 0) is 29.0 Å². The fourth-order valence-electron chi connectivity index (χ4n) is 3.12. The molecule has 1 aromatic carbocycles. The van der Waals surface area contributed by atoms with Gasteiger partial charge in [-0.3, -0.25) is 19.1 Å². The number of anilines is 2. The number of nitrogen functional groups attached to an aromatic ring is 1. The van der Waals surface area contributed by atoms with Crippen molar-refractivity contribution in [3.05, 3.63) is 51.2 Å². The van der Waals surface area contributed by atoms with E-state index in [4.69, 9.17) is 10.5 Å². The van der Waals surface area contributed by atoms with Gasteiger partial charge in [-0.25, -0.2) is 4.79 Å². The number of aromatic amines is 1. The number of amides is 1. The molecule has 3 rings (SSSR count). The number of H-pyrrole nitrogens is 1. The van der Waals surface area contributed by atoms with Crippen LogP contribution in [0.3, 0.4) is 0 Å². The first-order valence-electron chi connectivity index (χ1n) is 10.4. The molecule has 0 spiro atoms. The van der Waals surface area contributed by atoms with Crippen molar-refractivity contribution in [3.8, 4) is 5.69 Å². The number of rotatable bonds is 11. The highest BCUT2D eigenvalue weighted by molar-refractivity contribution is 7.99. The molecule has 0 atom stereocenters. The first-order chi connectivity index (χ1) is 16.0. The van der Waals surface area contributed by atoms with Crippen LogP contribution in [0.1, 0.15) is 19.8 Å². The smallest absolute Gasteiger partial charge is 0.330 e. The molecule has 3 aromatic rings. The summed E-state index contributed by atoms with van der Waals surface area (Å²) < 4.78 is 7.90. The predicted octanol–water partition coefficient (Wildman–Crippen LogP) is 0.666. The van der Waals surface area contributed by atoms with Crippen LogP contribution in [-0.4, -0.2) is 61.7 Å². The molecule has 1 amide bonds. The molecule has 2 aromatic heterocycles. The van der Waals surface area contributed by atoms with E-state index in [1.807, 2.05) is 37.3 Å². The maximum Gasteiger partial charge on any atom is 0.330 e. The number of hydrogen-bond acceptors (Lipinski definition) is 9. The number of carbonyl (C=O) groups is 1. The molecule has 0 unspecified atom stereocenters. The highest BCUT2D eigenvalue weighted by atomic mass is 32.2. The molecule has 12 nitrogen and oxygen atoms in total. The highest BCUT2D eigenvalue weighted by Crippen LogP contribution is 2.22. The zero-order chi connectivity index (χ0) is 23.8. The molecule has 13 heteroatoms. The number of methoxy groups -OCH3 is 1. The Morgan fingerprint density at radius 2 is 2.03 bits per heavy atom. The van der Waals surface area contributed by atoms with Crippen molar-refractivity contribution in [1.82, 2.24) is 29.8 Å².